The van der Waals surface area contributed by atoms with E-state index in [1.54, 1.807) is 36.2 Å². The molecule has 1 heterocycles. The second-order valence-electron chi connectivity index (χ2n) is 6.09. The molecule has 0 aliphatic carbocycles. The average Bonchev–Trinajstić information content (AvgIpc) is 2.50. The SMILES string of the molecule is CN(CCO)C[C@@]1(O)CCN(C(=O)c2ccc(Cl)cc2)C[C@@H]1O. The van der Waals surface area contributed by atoms with E-state index in [0.717, 1.165) is 0 Å². The molecule has 1 amide bonds. The summed E-state index contributed by atoms with van der Waals surface area (Å²) in [4.78, 5) is 15.7. The first-order valence-electron chi connectivity index (χ1n) is 7.60. The number of halogens is 1. The maximum atomic E-state index is 12.4. The van der Waals surface area contributed by atoms with Crippen molar-refractivity contribution in [3.8, 4) is 0 Å². The molecule has 7 heteroatoms. The number of hydrogen-bond acceptors (Lipinski definition) is 5. The standard InChI is InChI=1S/C16H23ClN2O4/c1-18(8-9-20)11-16(23)6-7-19(10-14(16)21)15(22)12-2-4-13(17)5-3-12/h2-5,14,20-21,23H,6-11H2,1H3/t14-,16-/m0/s1. The maximum Gasteiger partial charge on any atom is 0.253 e. The van der Waals surface area contributed by atoms with Gasteiger partial charge in [0.05, 0.1) is 6.61 Å². The number of hydrogen-bond donors (Lipinski definition) is 3. The Kier molecular flexibility index (Phi) is 6.00. The Morgan fingerprint density at radius 1 is 1.43 bits per heavy atom. The van der Waals surface area contributed by atoms with Gasteiger partial charge in [0.1, 0.15) is 11.7 Å². The summed E-state index contributed by atoms with van der Waals surface area (Å²) in [6, 6.07) is 6.59. The van der Waals surface area contributed by atoms with Crippen LogP contribution in [0.5, 0.6) is 0 Å². The van der Waals surface area contributed by atoms with Gasteiger partial charge in [-0.15, -0.1) is 0 Å². The molecule has 2 rings (SSSR count). The van der Waals surface area contributed by atoms with Gasteiger partial charge in [0.2, 0.25) is 0 Å². The van der Waals surface area contributed by atoms with Gasteiger partial charge >= 0.3 is 0 Å². The van der Waals surface area contributed by atoms with E-state index in [0.29, 0.717) is 23.7 Å². The van der Waals surface area contributed by atoms with E-state index in [2.05, 4.69) is 0 Å². The third-order valence-corrected chi connectivity index (χ3v) is 4.48. The molecule has 23 heavy (non-hydrogen) atoms. The highest BCUT2D eigenvalue weighted by atomic mass is 35.5. The first kappa shape index (κ1) is 18.2. The lowest BCUT2D eigenvalue weighted by Crippen LogP contribution is -2.60. The van der Waals surface area contributed by atoms with Crippen LogP contribution in [0.4, 0.5) is 0 Å². The number of benzene rings is 1. The van der Waals surface area contributed by atoms with Gasteiger partial charge < -0.3 is 25.1 Å². The Bertz CT molecular complexity index is 539. The third-order valence-electron chi connectivity index (χ3n) is 4.23. The summed E-state index contributed by atoms with van der Waals surface area (Å²) >= 11 is 5.82. The fraction of sp³-hybridized carbons (Fsp3) is 0.562. The summed E-state index contributed by atoms with van der Waals surface area (Å²) in [5, 5.41) is 30.4. The monoisotopic (exact) mass is 342 g/mol. The quantitative estimate of drug-likeness (QED) is 0.712. The molecular weight excluding hydrogens is 320 g/mol. The summed E-state index contributed by atoms with van der Waals surface area (Å²) < 4.78 is 0. The van der Waals surface area contributed by atoms with Gasteiger partial charge in [0, 0.05) is 36.8 Å². The Morgan fingerprint density at radius 2 is 2.09 bits per heavy atom. The molecule has 128 valence electrons. The molecule has 3 N–H and O–H groups in total. The number of likely N-dealkylation sites (tertiary alicyclic amines) is 1. The highest BCUT2D eigenvalue weighted by Crippen LogP contribution is 2.25. The van der Waals surface area contributed by atoms with E-state index in [1.165, 1.54) is 4.90 Å². The van der Waals surface area contributed by atoms with Crippen molar-refractivity contribution in [2.75, 3.05) is 39.8 Å². The van der Waals surface area contributed by atoms with Crippen LogP contribution in [-0.2, 0) is 0 Å². The van der Waals surface area contributed by atoms with Crippen LogP contribution in [0.3, 0.4) is 0 Å². The number of rotatable bonds is 5. The lowest BCUT2D eigenvalue weighted by Gasteiger charge is -2.43. The van der Waals surface area contributed by atoms with E-state index in [-0.39, 0.29) is 32.0 Å². The summed E-state index contributed by atoms with van der Waals surface area (Å²) in [5.41, 5.74) is -0.773. The Balaban J connectivity index is 2.00. The predicted octanol–water partition coefficient (Wildman–Crippen LogP) is 0.202. The zero-order chi connectivity index (χ0) is 17.0. The van der Waals surface area contributed by atoms with Crippen molar-refractivity contribution in [1.29, 1.82) is 0 Å². The molecule has 1 fully saturated rings. The van der Waals surface area contributed by atoms with Crippen molar-refractivity contribution < 1.29 is 20.1 Å². The van der Waals surface area contributed by atoms with Crippen LogP contribution in [-0.4, -0.2) is 82.6 Å². The molecule has 1 aliphatic rings. The number of nitrogens with zero attached hydrogens (tertiary/aromatic N) is 2. The molecule has 1 aromatic carbocycles. The first-order valence-corrected chi connectivity index (χ1v) is 7.98. The fourth-order valence-electron chi connectivity index (χ4n) is 2.83. The maximum absolute atomic E-state index is 12.4. The second-order valence-corrected chi connectivity index (χ2v) is 6.53. The number of amides is 1. The average molecular weight is 343 g/mol. The van der Waals surface area contributed by atoms with Crippen LogP contribution in [0.2, 0.25) is 5.02 Å². The van der Waals surface area contributed by atoms with E-state index in [9.17, 15) is 15.0 Å². The van der Waals surface area contributed by atoms with Crippen molar-refractivity contribution in [3.05, 3.63) is 34.9 Å². The van der Waals surface area contributed by atoms with Gasteiger partial charge in [-0.25, -0.2) is 0 Å². The van der Waals surface area contributed by atoms with Crippen molar-refractivity contribution in [1.82, 2.24) is 9.80 Å². The van der Waals surface area contributed by atoms with Crippen LogP contribution in [0.15, 0.2) is 24.3 Å². The third kappa shape index (κ3) is 4.43. The number of β-amino-alcohol motifs (C(OH)–C–C–N with tert-alkyl or cyclic N) is 1. The van der Waals surface area contributed by atoms with Gasteiger partial charge in [-0.3, -0.25) is 4.79 Å². The molecular formula is C16H23ClN2O4. The molecule has 1 aliphatic heterocycles. The molecule has 0 spiro atoms. The second kappa shape index (κ2) is 7.59. The van der Waals surface area contributed by atoms with Crippen molar-refractivity contribution >= 4 is 17.5 Å². The molecule has 1 aromatic rings. The first-order chi connectivity index (χ1) is 10.9. The number of aliphatic hydroxyl groups excluding tert-OH is 2. The zero-order valence-corrected chi connectivity index (χ0v) is 13.9. The molecule has 0 saturated carbocycles. The van der Waals surface area contributed by atoms with Gasteiger partial charge in [0.25, 0.3) is 5.91 Å². The predicted molar refractivity (Wildman–Crippen MR) is 87.5 cm³/mol. The van der Waals surface area contributed by atoms with Gasteiger partial charge in [-0.05, 0) is 37.7 Å². The Morgan fingerprint density at radius 3 is 2.65 bits per heavy atom. The lowest BCUT2D eigenvalue weighted by molar-refractivity contribution is -0.123. The number of aliphatic hydroxyl groups is 3. The van der Waals surface area contributed by atoms with Gasteiger partial charge in [-0.1, -0.05) is 11.6 Å². The summed E-state index contributed by atoms with van der Waals surface area (Å²) in [6.45, 7) is 1.09. The summed E-state index contributed by atoms with van der Waals surface area (Å²) in [7, 11) is 1.77. The topological polar surface area (TPSA) is 84.2 Å². The molecule has 0 unspecified atom stereocenters. The van der Waals surface area contributed by atoms with E-state index >= 15 is 0 Å². The smallest absolute Gasteiger partial charge is 0.253 e. The fourth-order valence-corrected chi connectivity index (χ4v) is 2.95. The molecule has 0 radical (unpaired) electrons. The molecule has 6 nitrogen and oxygen atoms in total. The van der Waals surface area contributed by atoms with E-state index < -0.39 is 11.7 Å². The molecule has 1 saturated heterocycles. The highest BCUT2D eigenvalue weighted by Gasteiger charge is 2.42. The Labute approximate surface area is 140 Å². The van der Waals surface area contributed by atoms with Crippen molar-refractivity contribution in [3.63, 3.8) is 0 Å². The normalized spacial score (nSPS) is 25.0. The van der Waals surface area contributed by atoms with Crippen LogP contribution in [0, 0.1) is 0 Å². The van der Waals surface area contributed by atoms with Crippen LogP contribution < -0.4 is 0 Å². The van der Waals surface area contributed by atoms with Gasteiger partial charge in [-0.2, -0.15) is 0 Å². The van der Waals surface area contributed by atoms with Crippen LogP contribution in [0.1, 0.15) is 16.8 Å². The van der Waals surface area contributed by atoms with Crippen LogP contribution in [0.25, 0.3) is 0 Å². The van der Waals surface area contributed by atoms with Crippen molar-refractivity contribution in [2.24, 2.45) is 0 Å². The summed E-state index contributed by atoms with van der Waals surface area (Å²) in [6.07, 6.45) is -0.753. The zero-order valence-electron chi connectivity index (χ0n) is 13.2. The highest BCUT2D eigenvalue weighted by molar-refractivity contribution is 6.30. The molecule has 2 atom stereocenters. The lowest BCUT2D eigenvalue weighted by atomic mass is 9.87. The Hall–Kier alpha value is -1.18. The van der Waals surface area contributed by atoms with E-state index in [1.807, 2.05) is 0 Å². The van der Waals surface area contributed by atoms with Gasteiger partial charge in [0.15, 0.2) is 0 Å². The minimum atomic E-state index is -1.28. The van der Waals surface area contributed by atoms with Crippen LogP contribution >= 0.6 is 11.6 Å². The number of carbonyl (C=O) groups excluding carboxylic acids is 1. The van der Waals surface area contributed by atoms with Crippen molar-refractivity contribution in [2.45, 2.75) is 18.1 Å². The number of piperidine rings is 1. The largest absolute Gasteiger partial charge is 0.395 e. The minimum absolute atomic E-state index is 0.0101. The number of likely N-dealkylation sites (N-methyl/N-ethyl adjacent to an activating group) is 1. The summed E-state index contributed by atoms with van der Waals surface area (Å²) in [5.74, 6) is -0.188. The number of carbonyl (C=O) groups is 1. The molecule has 0 aromatic heterocycles. The molecule has 0 bridgehead atoms. The minimum Gasteiger partial charge on any atom is -0.395 e. The van der Waals surface area contributed by atoms with E-state index in [4.69, 9.17) is 16.7 Å².